The van der Waals surface area contributed by atoms with Gasteiger partial charge in [-0.15, -0.1) is 0 Å². The largest absolute Gasteiger partial charge is 0.448 e. The molecule has 3 aromatic rings. The molecular weight excluding hydrogens is 266 g/mol. The van der Waals surface area contributed by atoms with Crippen molar-refractivity contribution in [3.8, 4) is 5.88 Å². The summed E-state index contributed by atoms with van der Waals surface area (Å²) in [5.41, 5.74) is 1.75. The van der Waals surface area contributed by atoms with Crippen molar-refractivity contribution in [2.24, 2.45) is 5.92 Å². The van der Waals surface area contributed by atoms with Gasteiger partial charge in [0.15, 0.2) is 5.65 Å². The maximum absolute atomic E-state index is 5.58. The van der Waals surface area contributed by atoms with Gasteiger partial charge in [-0.25, -0.2) is 14.5 Å². The summed E-state index contributed by atoms with van der Waals surface area (Å²) in [6.45, 7) is 1.70. The summed E-state index contributed by atoms with van der Waals surface area (Å²) in [5, 5.41) is 0. The highest BCUT2D eigenvalue weighted by Gasteiger charge is 2.21. The van der Waals surface area contributed by atoms with E-state index in [0.29, 0.717) is 5.92 Å². The first-order valence-electron chi connectivity index (χ1n) is 7.36. The van der Waals surface area contributed by atoms with Crippen molar-refractivity contribution < 1.29 is 9.15 Å². The molecule has 0 bridgehead atoms. The molecule has 1 aliphatic heterocycles. The quantitative estimate of drug-likeness (QED) is 0.741. The number of imidazole rings is 1. The molecule has 1 fully saturated rings. The molecule has 0 N–H and O–H groups in total. The summed E-state index contributed by atoms with van der Waals surface area (Å²) in [7, 11) is 0. The number of fused-ring (bicyclic) bond motifs is 1. The maximum Gasteiger partial charge on any atom is 0.206 e. The molecule has 21 heavy (non-hydrogen) atoms. The third-order valence-corrected chi connectivity index (χ3v) is 3.94. The molecular formula is C16H17N3O2. The Labute approximate surface area is 122 Å². The van der Waals surface area contributed by atoms with Gasteiger partial charge in [0.1, 0.15) is 11.3 Å². The van der Waals surface area contributed by atoms with Crippen LogP contribution in [0.2, 0.25) is 0 Å². The Morgan fingerprint density at radius 2 is 2.29 bits per heavy atom. The number of nitrogens with zero attached hydrogens (tertiary/aromatic N) is 3. The van der Waals surface area contributed by atoms with Crippen LogP contribution in [-0.2, 0) is 11.2 Å². The highest BCUT2D eigenvalue weighted by Crippen LogP contribution is 2.24. The topological polar surface area (TPSA) is 53.1 Å². The van der Waals surface area contributed by atoms with E-state index in [0.717, 1.165) is 48.9 Å². The van der Waals surface area contributed by atoms with Gasteiger partial charge in [-0.05, 0) is 37.0 Å². The molecule has 1 atom stereocenters. The molecule has 1 unspecified atom stereocenters. The molecule has 0 spiro atoms. The fourth-order valence-corrected chi connectivity index (χ4v) is 2.95. The predicted octanol–water partition coefficient (Wildman–Crippen LogP) is 2.98. The van der Waals surface area contributed by atoms with Crippen LogP contribution in [0.15, 0.2) is 41.1 Å². The van der Waals surface area contributed by atoms with E-state index >= 15 is 0 Å². The minimum atomic E-state index is 0.518. The van der Waals surface area contributed by atoms with E-state index in [9.17, 15) is 0 Å². The summed E-state index contributed by atoms with van der Waals surface area (Å²) in [6.07, 6.45) is 6.67. The molecule has 0 amide bonds. The Bertz CT molecular complexity index is 727. The summed E-state index contributed by atoms with van der Waals surface area (Å²) < 4.78 is 13.2. The average Bonchev–Trinajstić information content (AvgIpc) is 3.14. The zero-order valence-electron chi connectivity index (χ0n) is 11.7. The normalized spacial score (nSPS) is 19.1. The van der Waals surface area contributed by atoms with Crippen molar-refractivity contribution in [2.45, 2.75) is 19.3 Å². The van der Waals surface area contributed by atoms with Crippen molar-refractivity contribution in [1.29, 1.82) is 0 Å². The number of ether oxygens (including phenoxy) is 1. The van der Waals surface area contributed by atoms with Gasteiger partial charge in [0.25, 0.3) is 0 Å². The van der Waals surface area contributed by atoms with Crippen molar-refractivity contribution in [2.75, 3.05) is 13.2 Å². The standard InChI is InChI=1S/C16H17N3O2/c1-5-13-16(17-7-1)19(15-6-3-9-21-15)14(18-13)10-12-4-2-8-20-11-12/h1,3,5-7,9,12H,2,4,8,10-11H2. The van der Waals surface area contributed by atoms with Crippen molar-refractivity contribution >= 4 is 11.2 Å². The molecule has 0 aliphatic carbocycles. The van der Waals surface area contributed by atoms with Gasteiger partial charge in [0, 0.05) is 31.9 Å². The summed E-state index contributed by atoms with van der Waals surface area (Å²) in [5.74, 6) is 2.28. The fraction of sp³-hybridized carbons (Fsp3) is 0.375. The molecule has 4 heterocycles. The second-order valence-electron chi connectivity index (χ2n) is 5.45. The fourth-order valence-electron chi connectivity index (χ4n) is 2.95. The molecule has 5 nitrogen and oxygen atoms in total. The number of furan rings is 1. The highest BCUT2D eigenvalue weighted by molar-refractivity contribution is 5.73. The monoisotopic (exact) mass is 283 g/mol. The van der Waals surface area contributed by atoms with Gasteiger partial charge in [0.05, 0.1) is 6.26 Å². The van der Waals surface area contributed by atoms with Crippen LogP contribution in [0, 0.1) is 5.92 Å². The molecule has 0 aromatic carbocycles. The smallest absolute Gasteiger partial charge is 0.206 e. The van der Waals surface area contributed by atoms with Crippen LogP contribution >= 0.6 is 0 Å². The number of hydrogen-bond acceptors (Lipinski definition) is 4. The van der Waals surface area contributed by atoms with Crippen LogP contribution in [0.3, 0.4) is 0 Å². The van der Waals surface area contributed by atoms with Crippen LogP contribution in [-0.4, -0.2) is 27.7 Å². The number of hydrogen-bond donors (Lipinski definition) is 0. The lowest BCUT2D eigenvalue weighted by molar-refractivity contribution is 0.0541. The number of rotatable bonds is 3. The number of pyridine rings is 1. The van der Waals surface area contributed by atoms with E-state index in [1.165, 1.54) is 6.42 Å². The van der Waals surface area contributed by atoms with Crippen LogP contribution in [0.25, 0.3) is 17.0 Å². The minimum Gasteiger partial charge on any atom is -0.448 e. The summed E-state index contributed by atoms with van der Waals surface area (Å²) in [6, 6.07) is 7.73. The zero-order chi connectivity index (χ0) is 14.1. The van der Waals surface area contributed by atoms with Gasteiger partial charge in [0.2, 0.25) is 5.88 Å². The first-order valence-corrected chi connectivity index (χ1v) is 7.36. The molecule has 0 radical (unpaired) electrons. The average molecular weight is 283 g/mol. The third kappa shape index (κ3) is 2.34. The van der Waals surface area contributed by atoms with Gasteiger partial charge in [-0.1, -0.05) is 0 Å². The molecule has 4 rings (SSSR count). The van der Waals surface area contributed by atoms with Crippen LogP contribution in [0.4, 0.5) is 0 Å². The van der Waals surface area contributed by atoms with E-state index in [4.69, 9.17) is 14.1 Å². The second kappa shape index (κ2) is 5.33. The lowest BCUT2D eigenvalue weighted by Gasteiger charge is -2.21. The second-order valence-corrected chi connectivity index (χ2v) is 5.45. The van der Waals surface area contributed by atoms with Crippen LogP contribution in [0.1, 0.15) is 18.7 Å². The molecule has 1 saturated heterocycles. The van der Waals surface area contributed by atoms with E-state index in [-0.39, 0.29) is 0 Å². The van der Waals surface area contributed by atoms with Crippen molar-refractivity contribution in [3.63, 3.8) is 0 Å². The van der Waals surface area contributed by atoms with Crippen molar-refractivity contribution in [1.82, 2.24) is 14.5 Å². The minimum absolute atomic E-state index is 0.518. The summed E-state index contributed by atoms with van der Waals surface area (Å²) in [4.78, 5) is 9.21. The number of aromatic nitrogens is 3. The lowest BCUT2D eigenvalue weighted by atomic mass is 9.98. The predicted molar refractivity (Wildman–Crippen MR) is 78.4 cm³/mol. The van der Waals surface area contributed by atoms with Gasteiger partial charge >= 0.3 is 0 Å². The summed E-state index contributed by atoms with van der Waals surface area (Å²) >= 11 is 0. The van der Waals surface area contributed by atoms with Gasteiger partial charge in [-0.2, -0.15) is 0 Å². The first kappa shape index (κ1) is 12.6. The Balaban J connectivity index is 1.78. The Kier molecular flexibility index (Phi) is 3.20. The molecule has 5 heteroatoms. The lowest BCUT2D eigenvalue weighted by Crippen LogP contribution is -2.20. The Morgan fingerprint density at radius 3 is 3.10 bits per heavy atom. The van der Waals surface area contributed by atoms with Crippen LogP contribution in [0.5, 0.6) is 0 Å². The molecule has 108 valence electrons. The first-order chi connectivity index (χ1) is 10.4. The third-order valence-electron chi connectivity index (χ3n) is 3.94. The molecule has 1 aliphatic rings. The highest BCUT2D eigenvalue weighted by atomic mass is 16.5. The zero-order valence-corrected chi connectivity index (χ0v) is 11.7. The van der Waals surface area contributed by atoms with Gasteiger partial charge < -0.3 is 9.15 Å². The van der Waals surface area contributed by atoms with Crippen molar-refractivity contribution in [3.05, 3.63) is 42.5 Å². The Hall–Kier alpha value is -2.14. The van der Waals surface area contributed by atoms with E-state index in [2.05, 4.69) is 4.98 Å². The van der Waals surface area contributed by atoms with Crippen LogP contribution < -0.4 is 0 Å². The SMILES string of the molecule is c1coc(-n2c(CC3CCCOC3)nc3cccnc32)c1. The molecule has 0 saturated carbocycles. The van der Waals surface area contributed by atoms with Gasteiger partial charge in [-0.3, -0.25) is 0 Å². The maximum atomic E-state index is 5.58. The van der Waals surface area contributed by atoms with E-state index in [1.54, 1.807) is 12.5 Å². The Morgan fingerprint density at radius 1 is 1.29 bits per heavy atom. The van der Waals surface area contributed by atoms with E-state index < -0.39 is 0 Å². The van der Waals surface area contributed by atoms with E-state index in [1.807, 2.05) is 28.8 Å². The molecule has 3 aromatic heterocycles.